The fourth-order valence-electron chi connectivity index (χ4n) is 2.11. The minimum absolute atomic E-state index is 0.0157. The maximum atomic E-state index is 11.9. The Balaban J connectivity index is 2.61. The fraction of sp³-hybridized carbons (Fsp3) is 0.556. The van der Waals surface area contributed by atoms with Gasteiger partial charge in [-0.25, -0.2) is 4.99 Å². The summed E-state index contributed by atoms with van der Waals surface area (Å²) in [7, 11) is 1.59. The quantitative estimate of drug-likeness (QED) is 0.438. The first-order chi connectivity index (χ1) is 11.7. The second-order valence-corrected chi connectivity index (χ2v) is 6.67. The highest BCUT2D eigenvalue weighted by Crippen LogP contribution is 2.18. The molecule has 0 fully saturated rings. The zero-order valence-electron chi connectivity index (χ0n) is 15.7. The van der Waals surface area contributed by atoms with Gasteiger partial charge in [0.1, 0.15) is 12.3 Å². The molecule has 7 nitrogen and oxygen atoms in total. The molecular weight excluding hydrogens is 320 g/mol. The first kappa shape index (κ1) is 20.8. The number of aliphatic imine (C=N–C) groups is 1. The molecule has 1 aromatic rings. The van der Waals surface area contributed by atoms with Crippen LogP contribution in [0, 0.1) is 0 Å². The van der Waals surface area contributed by atoms with E-state index in [4.69, 9.17) is 4.74 Å². The summed E-state index contributed by atoms with van der Waals surface area (Å²) in [4.78, 5) is 16.1. The van der Waals surface area contributed by atoms with Crippen molar-refractivity contribution in [1.82, 2.24) is 16.0 Å². The predicted octanol–water partition coefficient (Wildman–Crippen LogP) is 1.20. The number of hydrogen-bond acceptors (Lipinski definition) is 4. The maximum absolute atomic E-state index is 11.9. The Morgan fingerprint density at radius 2 is 2.04 bits per heavy atom. The predicted molar refractivity (Wildman–Crippen MR) is 99.8 cm³/mol. The van der Waals surface area contributed by atoms with Gasteiger partial charge in [-0.15, -0.1) is 0 Å². The van der Waals surface area contributed by atoms with E-state index in [0.29, 0.717) is 18.3 Å². The molecule has 1 amide bonds. The number of benzene rings is 1. The van der Waals surface area contributed by atoms with Gasteiger partial charge >= 0.3 is 0 Å². The van der Waals surface area contributed by atoms with Crippen LogP contribution in [0.5, 0.6) is 5.75 Å². The van der Waals surface area contributed by atoms with Gasteiger partial charge in [0.25, 0.3) is 0 Å². The molecule has 140 valence electrons. The molecular formula is C18H30N4O3. The van der Waals surface area contributed by atoms with Crippen molar-refractivity contribution in [2.45, 2.75) is 39.3 Å². The lowest BCUT2D eigenvalue weighted by molar-refractivity contribution is -0.121. The highest BCUT2D eigenvalue weighted by molar-refractivity contribution is 5.85. The largest absolute Gasteiger partial charge is 0.497 e. The monoisotopic (exact) mass is 350 g/mol. The fourth-order valence-corrected chi connectivity index (χ4v) is 2.11. The van der Waals surface area contributed by atoms with Crippen molar-refractivity contribution in [2.75, 3.05) is 26.7 Å². The first-order valence-corrected chi connectivity index (χ1v) is 8.40. The number of methoxy groups -OCH3 is 1. The maximum Gasteiger partial charge on any atom is 0.242 e. The van der Waals surface area contributed by atoms with E-state index in [1.54, 1.807) is 13.2 Å². The number of nitrogens with zero attached hydrogens (tertiary/aromatic N) is 1. The lowest BCUT2D eigenvalue weighted by Crippen LogP contribution is -2.43. The van der Waals surface area contributed by atoms with Crippen molar-refractivity contribution in [1.29, 1.82) is 0 Å². The zero-order chi connectivity index (χ0) is 18.9. The van der Waals surface area contributed by atoms with Crippen molar-refractivity contribution < 1.29 is 14.6 Å². The molecule has 0 aliphatic heterocycles. The van der Waals surface area contributed by atoms with Crippen molar-refractivity contribution in [3.05, 3.63) is 29.8 Å². The highest BCUT2D eigenvalue weighted by Gasteiger charge is 2.14. The summed E-state index contributed by atoms with van der Waals surface area (Å²) in [6.07, 6.45) is -0.720. The minimum Gasteiger partial charge on any atom is -0.497 e. The van der Waals surface area contributed by atoms with E-state index in [2.05, 4.69) is 20.9 Å². The van der Waals surface area contributed by atoms with Gasteiger partial charge in [0.05, 0.1) is 13.2 Å². The topological polar surface area (TPSA) is 95.0 Å². The summed E-state index contributed by atoms with van der Waals surface area (Å²) < 4.78 is 5.16. The number of aliphatic hydroxyl groups is 1. The van der Waals surface area contributed by atoms with Gasteiger partial charge in [-0.2, -0.15) is 0 Å². The van der Waals surface area contributed by atoms with Crippen molar-refractivity contribution in [3.8, 4) is 5.75 Å². The number of rotatable bonds is 7. The first-order valence-electron chi connectivity index (χ1n) is 8.40. The molecule has 7 heteroatoms. The number of nitrogens with one attached hydrogen (secondary N) is 3. The number of aliphatic hydroxyl groups excluding tert-OH is 1. The van der Waals surface area contributed by atoms with Gasteiger partial charge in [0.15, 0.2) is 5.96 Å². The summed E-state index contributed by atoms with van der Waals surface area (Å²) in [5.74, 6) is 1.02. The van der Waals surface area contributed by atoms with Crippen LogP contribution in [-0.2, 0) is 4.79 Å². The normalized spacial score (nSPS) is 13.1. The third-order valence-corrected chi connectivity index (χ3v) is 3.18. The van der Waals surface area contributed by atoms with Crippen molar-refractivity contribution in [2.24, 2.45) is 4.99 Å². The molecule has 0 saturated heterocycles. The molecule has 1 unspecified atom stereocenters. The highest BCUT2D eigenvalue weighted by atomic mass is 16.5. The summed E-state index contributed by atoms with van der Waals surface area (Å²) in [6, 6.07) is 7.26. The Hall–Kier alpha value is -2.28. The van der Waals surface area contributed by atoms with E-state index in [0.717, 1.165) is 5.56 Å². The van der Waals surface area contributed by atoms with E-state index in [1.807, 2.05) is 45.9 Å². The standard InChI is InChI=1S/C18H30N4O3/c1-6-19-17(21-12-16(24)22-18(2,3)4)20-11-15(23)13-8-7-9-14(10-13)25-5/h7-10,15,23H,6,11-12H2,1-5H3,(H,22,24)(H2,19,20,21). The second-order valence-electron chi connectivity index (χ2n) is 6.67. The van der Waals surface area contributed by atoms with Crippen LogP contribution in [0.4, 0.5) is 0 Å². The lowest BCUT2D eigenvalue weighted by Gasteiger charge is -2.20. The minimum atomic E-state index is -0.720. The molecule has 0 bridgehead atoms. The molecule has 0 heterocycles. The van der Waals surface area contributed by atoms with E-state index >= 15 is 0 Å². The number of ether oxygens (including phenoxy) is 1. The van der Waals surface area contributed by atoms with E-state index in [-0.39, 0.29) is 24.5 Å². The Bertz CT molecular complexity index is 582. The van der Waals surface area contributed by atoms with Crippen LogP contribution in [0.2, 0.25) is 0 Å². The lowest BCUT2D eigenvalue weighted by atomic mass is 10.1. The average molecular weight is 350 g/mol. The molecule has 0 saturated carbocycles. The van der Waals surface area contributed by atoms with Gasteiger partial charge in [0, 0.05) is 18.6 Å². The summed E-state index contributed by atoms with van der Waals surface area (Å²) >= 11 is 0. The smallest absolute Gasteiger partial charge is 0.242 e. The Kier molecular flexibility index (Phi) is 8.21. The molecule has 0 radical (unpaired) electrons. The van der Waals surface area contributed by atoms with Gasteiger partial charge in [-0.3, -0.25) is 4.79 Å². The Morgan fingerprint density at radius 3 is 2.64 bits per heavy atom. The van der Waals surface area contributed by atoms with Crippen LogP contribution in [0.25, 0.3) is 0 Å². The molecule has 1 atom stereocenters. The third kappa shape index (κ3) is 8.39. The number of carbonyl (C=O) groups excluding carboxylic acids is 1. The van der Waals surface area contributed by atoms with Gasteiger partial charge < -0.3 is 25.8 Å². The molecule has 0 aromatic heterocycles. The summed E-state index contributed by atoms with van der Waals surface area (Å²) in [5.41, 5.74) is 0.453. The van der Waals surface area contributed by atoms with Crippen LogP contribution >= 0.6 is 0 Å². The average Bonchev–Trinajstić information content (AvgIpc) is 2.55. The Morgan fingerprint density at radius 1 is 1.32 bits per heavy atom. The number of amides is 1. The molecule has 1 rings (SSSR count). The second kappa shape index (κ2) is 9.88. The SMILES string of the molecule is CCNC(=NCC(=O)NC(C)(C)C)NCC(O)c1cccc(OC)c1. The molecule has 0 spiro atoms. The van der Waals surface area contributed by atoms with Crippen LogP contribution < -0.4 is 20.7 Å². The van der Waals surface area contributed by atoms with Crippen LogP contribution in [0.15, 0.2) is 29.3 Å². The van der Waals surface area contributed by atoms with Gasteiger partial charge in [0.2, 0.25) is 5.91 Å². The number of guanidine groups is 1. The number of hydrogen-bond donors (Lipinski definition) is 4. The molecule has 4 N–H and O–H groups in total. The summed E-state index contributed by atoms with van der Waals surface area (Å²) in [6.45, 7) is 8.63. The van der Waals surface area contributed by atoms with E-state index in [1.165, 1.54) is 0 Å². The van der Waals surface area contributed by atoms with Gasteiger partial charge in [-0.05, 0) is 45.4 Å². The molecule has 25 heavy (non-hydrogen) atoms. The van der Waals surface area contributed by atoms with Crippen molar-refractivity contribution in [3.63, 3.8) is 0 Å². The third-order valence-electron chi connectivity index (χ3n) is 3.18. The van der Waals surface area contributed by atoms with Crippen molar-refractivity contribution >= 4 is 11.9 Å². The van der Waals surface area contributed by atoms with E-state index < -0.39 is 6.10 Å². The molecule has 1 aromatic carbocycles. The molecule has 0 aliphatic carbocycles. The number of carbonyl (C=O) groups is 1. The zero-order valence-corrected chi connectivity index (χ0v) is 15.7. The molecule has 0 aliphatic rings. The van der Waals surface area contributed by atoms with Crippen LogP contribution in [0.3, 0.4) is 0 Å². The van der Waals surface area contributed by atoms with Crippen LogP contribution in [0.1, 0.15) is 39.4 Å². The summed E-state index contributed by atoms with van der Waals surface area (Å²) in [5, 5.41) is 19.3. The van der Waals surface area contributed by atoms with Crippen LogP contribution in [-0.4, -0.2) is 49.3 Å². The van der Waals surface area contributed by atoms with Gasteiger partial charge in [-0.1, -0.05) is 12.1 Å². The Labute approximate surface area is 149 Å². The van der Waals surface area contributed by atoms with E-state index in [9.17, 15) is 9.90 Å².